The molecule has 0 unspecified atom stereocenters. The van der Waals surface area contributed by atoms with Crippen LogP contribution < -0.4 is 0 Å². The molecule has 0 saturated heterocycles. The van der Waals surface area contributed by atoms with Gasteiger partial charge in [0.2, 0.25) is 0 Å². The smallest absolute Gasteiger partial charge is 0.123 e. The first-order valence-corrected chi connectivity index (χ1v) is 5.48. The molecule has 0 spiro atoms. The van der Waals surface area contributed by atoms with E-state index in [1.807, 2.05) is 60.7 Å². The molecule has 0 aliphatic heterocycles. The van der Waals surface area contributed by atoms with E-state index in [4.69, 9.17) is 0 Å². The van der Waals surface area contributed by atoms with Gasteiger partial charge in [0, 0.05) is 5.56 Å². The second-order valence-electron chi connectivity index (χ2n) is 3.79. The Kier molecular flexibility index (Phi) is 3.41. The van der Waals surface area contributed by atoms with E-state index in [0.717, 1.165) is 16.7 Å². The third kappa shape index (κ3) is 2.85. The Morgan fingerprint density at radius 1 is 0.824 bits per heavy atom. The number of hydrogen-bond donors (Lipinski definition) is 1. The van der Waals surface area contributed by atoms with Crippen LogP contribution in [-0.4, -0.2) is 5.11 Å². The summed E-state index contributed by atoms with van der Waals surface area (Å²) in [6.07, 6.45) is 1.69. The summed E-state index contributed by atoms with van der Waals surface area (Å²) in [5, 5.41) is 9.95. The molecule has 1 heteroatoms. The summed E-state index contributed by atoms with van der Waals surface area (Å²) >= 11 is 0. The van der Waals surface area contributed by atoms with Crippen molar-refractivity contribution in [3.8, 4) is 0 Å². The summed E-state index contributed by atoms with van der Waals surface area (Å²) < 4.78 is 0. The molecule has 0 atom stereocenters. The van der Waals surface area contributed by atoms with Crippen LogP contribution in [0, 0.1) is 0 Å². The molecular weight excluding hydrogens is 208 g/mol. The van der Waals surface area contributed by atoms with Gasteiger partial charge in [-0.3, -0.25) is 0 Å². The molecule has 0 bridgehead atoms. The van der Waals surface area contributed by atoms with Crippen LogP contribution in [0.15, 0.2) is 73.3 Å². The highest BCUT2D eigenvalue weighted by Gasteiger charge is 2.00. The number of hydrogen-bond acceptors (Lipinski definition) is 1. The van der Waals surface area contributed by atoms with E-state index in [0.29, 0.717) is 0 Å². The van der Waals surface area contributed by atoms with Crippen LogP contribution in [0.5, 0.6) is 0 Å². The summed E-state index contributed by atoms with van der Waals surface area (Å²) in [7, 11) is 0. The molecular formula is C16H14O. The van der Waals surface area contributed by atoms with Crippen molar-refractivity contribution in [3.05, 3.63) is 84.4 Å². The Morgan fingerprint density at radius 2 is 1.29 bits per heavy atom. The zero-order chi connectivity index (χ0) is 12.1. The maximum Gasteiger partial charge on any atom is 0.123 e. The monoisotopic (exact) mass is 222 g/mol. The average molecular weight is 222 g/mol. The predicted octanol–water partition coefficient (Wildman–Crippen LogP) is 4.30. The van der Waals surface area contributed by atoms with Gasteiger partial charge in [-0.1, -0.05) is 67.2 Å². The Labute approximate surface area is 101 Å². The largest absolute Gasteiger partial charge is 0.507 e. The van der Waals surface area contributed by atoms with E-state index in [1.165, 1.54) is 0 Å². The van der Waals surface area contributed by atoms with Gasteiger partial charge in [0.1, 0.15) is 5.76 Å². The van der Waals surface area contributed by atoms with E-state index in [9.17, 15) is 5.11 Å². The van der Waals surface area contributed by atoms with Crippen molar-refractivity contribution in [3.63, 3.8) is 0 Å². The normalized spacial score (nSPS) is 11.2. The molecule has 2 aromatic rings. The highest BCUT2D eigenvalue weighted by atomic mass is 16.3. The molecule has 0 amide bonds. The van der Waals surface area contributed by atoms with Crippen LogP contribution in [0.1, 0.15) is 11.1 Å². The van der Waals surface area contributed by atoms with Crippen LogP contribution in [-0.2, 0) is 0 Å². The van der Waals surface area contributed by atoms with Gasteiger partial charge in [0.15, 0.2) is 0 Å². The fraction of sp³-hybridized carbons (Fsp3) is 0. The lowest BCUT2D eigenvalue weighted by molar-refractivity contribution is 0.512. The number of rotatable bonds is 3. The second-order valence-corrected chi connectivity index (χ2v) is 3.79. The highest BCUT2D eigenvalue weighted by Crippen LogP contribution is 2.18. The number of aliphatic hydroxyl groups excluding tert-OH is 1. The Morgan fingerprint density at radius 3 is 1.82 bits per heavy atom. The van der Waals surface area contributed by atoms with Gasteiger partial charge in [-0.15, -0.1) is 0 Å². The zero-order valence-electron chi connectivity index (χ0n) is 9.51. The lowest BCUT2D eigenvalue weighted by atomic mass is 10.1. The molecule has 84 valence electrons. The van der Waals surface area contributed by atoms with Crippen molar-refractivity contribution >= 4 is 11.3 Å². The summed E-state index contributed by atoms with van der Waals surface area (Å²) in [6.45, 7) is 3.95. The minimum absolute atomic E-state index is 0.236. The van der Waals surface area contributed by atoms with E-state index >= 15 is 0 Å². The fourth-order valence-corrected chi connectivity index (χ4v) is 1.59. The van der Waals surface area contributed by atoms with Gasteiger partial charge in [0.05, 0.1) is 0 Å². The molecule has 1 nitrogen and oxygen atoms in total. The van der Waals surface area contributed by atoms with Crippen LogP contribution in [0.25, 0.3) is 11.3 Å². The molecule has 17 heavy (non-hydrogen) atoms. The molecule has 0 aliphatic carbocycles. The molecule has 0 heterocycles. The van der Waals surface area contributed by atoms with Gasteiger partial charge in [-0.05, 0) is 17.2 Å². The van der Waals surface area contributed by atoms with Gasteiger partial charge >= 0.3 is 0 Å². The van der Waals surface area contributed by atoms with Gasteiger partial charge in [-0.2, -0.15) is 0 Å². The third-order valence-electron chi connectivity index (χ3n) is 2.53. The van der Waals surface area contributed by atoms with E-state index in [1.54, 1.807) is 6.08 Å². The number of allylic oxidation sites excluding steroid dienone is 2. The Bertz CT molecular complexity index is 524. The van der Waals surface area contributed by atoms with Crippen molar-refractivity contribution in [2.24, 2.45) is 0 Å². The van der Waals surface area contributed by atoms with E-state index < -0.39 is 0 Å². The van der Waals surface area contributed by atoms with Crippen molar-refractivity contribution in [1.29, 1.82) is 0 Å². The molecule has 2 rings (SSSR count). The van der Waals surface area contributed by atoms with Crippen molar-refractivity contribution < 1.29 is 5.11 Å². The first kappa shape index (κ1) is 11.2. The molecule has 0 fully saturated rings. The molecule has 0 aromatic heterocycles. The third-order valence-corrected chi connectivity index (χ3v) is 2.53. The summed E-state index contributed by atoms with van der Waals surface area (Å²) in [5.41, 5.74) is 2.60. The van der Waals surface area contributed by atoms with E-state index in [-0.39, 0.29) is 5.76 Å². The number of aliphatic hydroxyl groups is 1. The van der Waals surface area contributed by atoms with Crippen molar-refractivity contribution in [1.82, 2.24) is 0 Å². The topological polar surface area (TPSA) is 20.2 Å². The maximum absolute atomic E-state index is 9.95. The molecule has 0 radical (unpaired) electrons. The van der Waals surface area contributed by atoms with Crippen LogP contribution >= 0.6 is 0 Å². The first-order valence-electron chi connectivity index (χ1n) is 5.48. The number of benzene rings is 2. The Balaban J connectivity index is 2.24. The molecule has 2 aromatic carbocycles. The molecule has 0 aliphatic rings. The second kappa shape index (κ2) is 5.17. The van der Waals surface area contributed by atoms with Gasteiger partial charge in [-0.25, -0.2) is 0 Å². The SMILES string of the molecule is C=C(C=C(O)c1ccccc1)c1ccccc1. The standard InChI is InChI=1S/C16H14O/c1-13(14-8-4-2-5-9-14)12-16(17)15-10-6-3-7-11-15/h2-12,17H,1H2. The predicted molar refractivity (Wildman–Crippen MR) is 72.5 cm³/mol. The molecule has 0 saturated carbocycles. The van der Waals surface area contributed by atoms with Crippen LogP contribution in [0.2, 0.25) is 0 Å². The van der Waals surface area contributed by atoms with Crippen LogP contribution in [0.3, 0.4) is 0 Å². The summed E-state index contributed by atoms with van der Waals surface area (Å²) in [5.74, 6) is 0.236. The van der Waals surface area contributed by atoms with E-state index in [2.05, 4.69) is 6.58 Å². The maximum atomic E-state index is 9.95. The highest BCUT2D eigenvalue weighted by molar-refractivity contribution is 5.79. The fourth-order valence-electron chi connectivity index (χ4n) is 1.59. The first-order chi connectivity index (χ1) is 8.27. The lowest BCUT2D eigenvalue weighted by Crippen LogP contribution is -1.84. The van der Waals surface area contributed by atoms with Crippen molar-refractivity contribution in [2.45, 2.75) is 0 Å². The minimum atomic E-state index is 0.236. The minimum Gasteiger partial charge on any atom is -0.507 e. The Hall–Kier alpha value is -2.28. The zero-order valence-corrected chi connectivity index (χ0v) is 9.51. The quantitative estimate of drug-likeness (QED) is 0.606. The lowest BCUT2D eigenvalue weighted by Gasteiger charge is -2.03. The molecule has 1 N–H and O–H groups in total. The average Bonchev–Trinajstić information content (AvgIpc) is 2.40. The van der Waals surface area contributed by atoms with Gasteiger partial charge in [0.25, 0.3) is 0 Å². The summed E-state index contributed by atoms with van der Waals surface area (Å²) in [4.78, 5) is 0. The summed E-state index contributed by atoms with van der Waals surface area (Å²) in [6, 6.07) is 19.2. The van der Waals surface area contributed by atoms with Crippen molar-refractivity contribution in [2.75, 3.05) is 0 Å². The van der Waals surface area contributed by atoms with Crippen LogP contribution in [0.4, 0.5) is 0 Å². The van der Waals surface area contributed by atoms with Gasteiger partial charge < -0.3 is 5.11 Å².